The fraction of sp³-hybridized carbons (Fsp3) is 0.200. The van der Waals surface area contributed by atoms with Gasteiger partial charge in [-0.2, -0.15) is 0 Å². The summed E-state index contributed by atoms with van der Waals surface area (Å²) >= 11 is 1.36. The minimum atomic E-state index is -0.0817. The van der Waals surface area contributed by atoms with Crippen LogP contribution in [0, 0.1) is 13.8 Å². The van der Waals surface area contributed by atoms with Gasteiger partial charge in [0.05, 0.1) is 22.2 Å². The molecule has 0 unspecified atom stereocenters. The number of rotatable bonds is 3. The van der Waals surface area contributed by atoms with Gasteiger partial charge in [-0.05, 0) is 61.7 Å². The molecule has 4 rings (SSSR count). The zero-order valence-electron chi connectivity index (χ0n) is 14.7. The van der Waals surface area contributed by atoms with Gasteiger partial charge in [0.1, 0.15) is 0 Å². The molecule has 0 bridgehead atoms. The number of aromatic hydroxyl groups is 1. The molecule has 0 saturated heterocycles. The lowest BCUT2D eigenvalue weighted by Gasteiger charge is -2.05. The van der Waals surface area contributed by atoms with E-state index in [4.69, 9.17) is 4.74 Å². The van der Waals surface area contributed by atoms with Crippen molar-refractivity contribution in [1.29, 1.82) is 0 Å². The van der Waals surface area contributed by atoms with Crippen LogP contribution in [0.25, 0.3) is 22.1 Å². The van der Waals surface area contributed by atoms with Gasteiger partial charge >= 0.3 is 0 Å². The Hall–Kier alpha value is -2.86. The van der Waals surface area contributed by atoms with Gasteiger partial charge in [0.2, 0.25) is 0 Å². The third kappa shape index (κ3) is 2.54. The van der Waals surface area contributed by atoms with E-state index in [2.05, 4.69) is 4.98 Å². The van der Waals surface area contributed by atoms with Crippen LogP contribution in [0.1, 0.15) is 23.6 Å². The highest BCUT2D eigenvalue weighted by Crippen LogP contribution is 2.27. The number of aryl methyl sites for hydroxylation is 2. The SMILES string of the molecule is CCOc1cc(C=c2sc3nc4c(C)c(C)ccc4n3c2=O)ccc1O. The summed E-state index contributed by atoms with van der Waals surface area (Å²) in [5.74, 6) is 0.496. The molecule has 0 fully saturated rings. The third-order valence-corrected chi connectivity index (χ3v) is 5.49. The molecule has 1 N–H and O–H groups in total. The van der Waals surface area contributed by atoms with Gasteiger partial charge in [0.15, 0.2) is 16.5 Å². The lowest BCUT2D eigenvalue weighted by atomic mass is 10.1. The first-order valence-electron chi connectivity index (χ1n) is 8.38. The molecule has 26 heavy (non-hydrogen) atoms. The topological polar surface area (TPSA) is 63.8 Å². The maximum Gasteiger partial charge on any atom is 0.274 e. The van der Waals surface area contributed by atoms with Crippen LogP contribution in [0.15, 0.2) is 35.1 Å². The van der Waals surface area contributed by atoms with Crippen LogP contribution in [0.4, 0.5) is 0 Å². The average molecular weight is 366 g/mol. The summed E-state index contributed by atoms with van der Waals surface area (Å²) in [7, 11) is 0. The van der Waals surface area contributed by atoms with Crippen molar-refractivity contribution in [2.24, 2.45) is 0 Å². The number of benzene rings is 2. The van der Waals surface area contributed by atoms with Crippen LogP contribution in [0.3, 0.4) is 0 Å². The zero-order valence-corrected chi connectivity index (χ0v) is 15.6. The first-order valence-corrected chi connectivity index (χ1v) is 9.20. The van der Waals surface area contributed by atoms with Gasteiger partial charge in [-0.3, -0.25) is 4.79 Å². The van der Waals surface area contributed by atoms with E-state index >= 15 is 0 Å². The molecule has 4 aromatic rings. The summed E-state index contributed by atoms with van der Waals surface area (Å²) in [6, 6.07) is 9.02. The van der Waals surface area contributed by atoms with E-state index in [1.807, 2.05) is 32.9 Å². The van der Waals surface area contributed by atoms with Crippen molar-refractivity contribution in [3.05, 3.63) is 61.9 Å². The molecule has 6 heteroatoms. The van der Waals surface area contributed by atoms with Gasteiger partial charge < -0.3 is 9.84 Å². The van der Waals surface area contributed by atoms with Crippen molar-refractivity contribution in [3.63, 3.8) is 0 Å². The average Bonchev–Trinajstić information content (AvgIpc) is 3.12. The minimum Gasteiger partial charge on any atom is -0.504 e. The van der Waals surface area contributed by atoms with E-state index in [1.54, 1.807) is 28.7 Å². The van der Waals surface area contributed by atoms with Gasteiger partial charge in [-0.15, -0.1) is 0 Å². The molecule has 0 amide bonds. The number of hydrogen-bond donors (Lipinski definition) is 1. The lowest BCUT2D eigenvalue weighted by Crippen LogP contribution is -2.22. The van der Waals surface area contributed by atoms with Crippen molar-refractivity contribution in [3.8, 4) is 11.5 Å². The van der Waals surface area contributed by atoms with Crippen LogP contribution in [-0.2, 0) is 0 Å². The van der Waals surface area contributed by atoms with Crippen molar-refractivity contribution < 1.29 is 9.84 Å². The molecule has 2 aromatic carbocycles. The second-order valence-corrected chi connectivity index (χ2v) is 7.19. The molecule has 2 heterocycles. The third-order valence-electron chi connectivity index (χ3n) is 4.52. The molecule has 0 radical (unpaired) electrons. The molecule has 0 aliphatic rings. The largest absolute Gasteiger partial charge is 0.504 e. The maximum atomic E-state index is 12.9. The number of thiazole rings is 1. The molecule has 0 aliphatic carbocycles. The van der Waals surface area contributed by atoms with E-state index in [0.29, 0.717) is 21.8 Å². The Labute approximate surface area is 153 Å². The monoisotopic (exact) mass is 366 g/mol. The molecule has 132 valence electrons. The zero-order chi connectivity index (χ0) is 18.4. The lowest BCUT2D eigenvalue weighted by molar-refractivity contribution is 0.318. The summed E-state index contributed by atoms with van der Waals surface area (Å²) in [5, 5.41) is 9.82. The van der Waals surface area contributed by atoms with Crippen LogP contribution < -0.4 is 14.8 Å². The summed E-state index contributed by atoms with van der Waals surface area (Å²) in [6.45, 7) is 6.38. The minimum absolute atomic E-state index is 0.0817. The molecular weight excluding hydrogens is 348 g/mol. The highest BCUT2D eigenvalue weighted by Gasteiger charge is 2.13. The second kappa shape index (κ2) is 6.14. The van der Waals surface area contributed by atoms with Crippen molar-refractivity contribution in [2.75, 3.05) is 6.61 Å². The first kappa shape index (κ1) is 16.6. The predicted octanol–water partition coefficient (Wildman–Crippen LogP) is 3.18. The first-order chi connectivity index (χ1) is 12.5. The number of phenolic OH excluding ortho intramolecular Hbond substituents is 1. The Kier molecular flexibility index (Phi) is 3.92. The number of hydrogen-bond acceptors (Lipinski definition) is 5. The van der Waals surface area contributed by atoms with Crippen molar-refractivity contribution >= 4 is 33.4 Å². The Bertz CT molecular complexity index is 1250. The fourth-order valence-corrected chi connectivity index (χ4v) is 3.99. The predicted molar refractivity (Wildman–Crippen MR) is 104 cm³/mol. The van der Waals surface area contributed by atoms with E-state index in [0.717, 1.165) is 27.7 Å². The Balaban J connectivity index is 1.92. The van der Waals surface area contributed by atoms with E-state index in [9.17, 15) is 9.90 Å². The van der Waals surface area contributed by atoms with Crippen LogP contribution in [-0.4, -0.2) is 21.1 Å². The smallest absolute Gasteiger partial charge is 0.274 e. The molecular formula is C20H18N2O3S. The van der Waals surface area contributed by atoms with Crippen molar-refractivity contribution in [1.82, 2.24) is 9.38 Å². The number of nitrogens with zero attached hydrogens (tertiary/aromatic N) is 2. The van der Waals surface area contributed by atoms with Gasteiger partial charge in [0.25, 0.3) is 5.56 Å². The van der Waals surface area contributed by atoms with Gasteiger partial charge in [-0.25, -0.2) is 9.38 Å². The standard InChI is InChI=1S/C20H18N2O3S/c1-4-25-16-9-13(6-8-15(16)23)10-17-19(24)22-14-7-5-11(2)12(3)18(14)21-20(22)26-17/h5-10,23H,4H2,1-3H3. The highest BCUT2D eigenvalue weighted by molar-refractivity contribution is 7.15. The van der Waals surface area contributed by atoms with E-state index in [1.165, 1.54) is 11.3 Å². The normalized spacial score (nSPS) is 12.3. The summed E-state index contributed by atoms with van der Waals surface area (Å²) in [4.78, 5) is 18.2. The Morgan fingerprint density at radius 3 is 2.85 bits per heavy atom. The second-order valence-electron chi connectivity index (χ2n) is 6.18. The summed E-state index contributed by atoms with van der Waals surface area (Å²) < 4.78 is 7.68. The molecule has 5 nitrogen and oxygen atoms in total. The number of ether oxygens (including phenoxy) is 1. The quantitative estimate of drug-likeness (QED) is 0.605. The van der Waals surface area contributed by atoms with Crippen molar-refractivity contribution in [2.45, 2.75) is 20.8 Å². The summed E-state index contributed by atoms with van der Waals surface area (Å²) in [6.07, 6.45) is 1.80. The van der Waals surface area contributed by atoms with Crippen LogP contribution >= 0.6 is 11.3 Å². The Morgan fingerprint density at radius 2 is 2.08 bits per heavy atom. The highest BCUT2D eigenvalue weighted by atomic mass is 32.1. The van der Waals surface area contributed by atoms with Crippen LogP contribution in [0.5, 0.6) is 11.5 Å². The van der Waals surface area contributed by atoms with Crippen LogP contribution in [0.2, 0.25) is 0 Å². The summed E-state index contributed by atoms with van der Waals surface area (Å²) in [5.41, 5.74) is 4.69. The Morgan fingerprint density at radius 1 is 1.27 bits per heavy atom. The number of phenols is 1. The number of aromatic nitrogens is 2. The number of imidazole rings is 1. The molecule has 0 aliphatic heterocycles. The van der Waals surface area contributed by atoms with Gasteiger partial charge in [0, 0.05) is 0 Å². The molecule has 0 saturated carbocycles. The molecule has 0 spiro atoms. The number of fused-ring (bicyclic) bond motifs is 3. The molecule has 0 atom stereocenters. The van der Waals surface area contributed by atoms with Gasteiger partial charge in [-0.1, -0.05) is 23.5 Å². The van der Waals surface area contributed by atoms with E-state index in [-0.39, 0.29) is 11.3 Å². The maximum absolute atomic E-state index is 12.9. The molecule has 2 aromatic heterocycles. The fourth-order valence-electron chi connectivity index (χ4n) is 3.01. The van der Waals surface area contributed by atoms with E-state index < -0.39 is 0 Å².